The Morgan fingerprint density at radius 1 is 1.11 bits per heavy atom. The van der Waals surface area contributed by atoms with Crippen molar-refractivity contribution in [1.82, 2.24) is 0 Å². The van der Waals surface area contributed by atoms with Crippen molar-refractivity contribution in [3.05, 3.63) is 59.7 Å². The van der Waals surface area contributed by atoms with E-state index in [1.165, 1.54) is 6.07 Å². The van der Waals surface area contributed by atoms with Crippen molar-refractivity contribution < 1.29 is 23.1 Å². The Bertz CT molecular complexity index is 812. The van der Waals surface area contributed by atoms with Crippen molar-refractivity contribution in [3.8, 4) is 0 Å². The zero-order chi connectivity index (χ0) is 20.0. The second-order valence-corrected chi connectivity index (χ2v) is 7.30. The van der Waals surface area contributed by atoms with Crippen LogP contribution in [0.15, 0.2) is 47.4 Å². The SMILES string of the molecule is CCOC(=O)C(Sc1cc(NC(=O)c2ccccc2)c(F)cc1F)C(C)C. The van der Waals surface area contributed by atoms with E-state index in [4.69, 9.17) is 4.74 Å². The number of hydrogen-bond donors (Lipinski definition) is 1. The van der Waals surface area contributed by atoms with Gasteiger partial charge in [0.25, 0.3) is 5.91 Å². The summed E-state index contributed by atoms with van der Waals surface area (Å²) in [7, 11) is 0. The third-order valence-electron chi connectivity index (χ3n) is 3.68. The van der Waals surface area contributed by atoms with Crippen LogP contribution in [0.1, 0.15) is 31.1 Å². The number of esters is 1. The predicted octanol–water partition coefficient (Wildman–Crippen LogP) is 4.90. The second-order valence-electron chi connectivity index (χ2n) is 6.12. The van der Waals surface area contributed by atoms with Crippen molar-refractivity contribution >= 4 is 29.3 Å². The number of hydrogen-bond acceptors (Lipinski definition) is 4. The monoisotopic (exact) mass is 393 g/mol. The lowest BCUT2D eigenvalue weighted by Crippen LogP contribution is -2.25. The summed E-state index contributed by atoms with van der Waals surface area (Å²) in [5, 5.41) is 1.79. The highest BCUT2D eigenvalue weighted by Crippen LogP contribution is 2.34. The Kier molecular flexibility index (Phi) is 7.36. The van der Waals surface area contributed by atoms with Gasteiger partial charge in [0, 0.05) is 16.5 Å². The molecule has 0 heterocycles. The summed E-state index contributed by atoms with van der Waals surface area (Å²) in [5.74, 6) is -2.79. The van der Waals surface area contributed by atoms with Crippen molar-refractivity contribution in [3.63, 3.8) is 0 Å². The van der Waals surface area contributed by atoms with Gasteiger partial charge in [-0.25, -0.2) is 8.78 Å². The number of halogens is 2. The lowest BCUT2D eigenvalue weighted by atomic mass is 10.1. The van der Waals surface area contributed by atoms with Crippen LogP contribution in [0.3, 0.4) is 0 Å². The molecule has 0 aliphatic rings. The van der Waals surface area contributed by atoms with Crippen LogP contribution in [0.4, 0.5) is 14.5 Å². The number of thioether (sulfide) groups is 1. The second kappa shape index (κ2) is 9.50. The van der Waals surface area contributed by atoms with Crippen LogP contribution in [0.2, 0.25) is 0 Å². The predicted molar refractivity (Wildman–Crippen MR) is 102 cm³/mol. The average Bonchev–Trinajstić information content (AvgIpc) is 2.63. The van der Waals surface area contributed by atoms with Crippen LogP contribution >= 0.6 is 11.8 Å². The standard InChI is InChI=1S/C20H21F2NO3S/c1-4-26-20(25)18(12(2)3)27-17-11-16(14(21)10-15(17)22)23-19(24)13-8-6-5-7-9-13/h5-12,18H,4H2,1-3H3,(H,23,24). The van der Waals surface area contributed by atoms with E-state index in [-0.39, 0.29) is 23.1 Å². The Morgan fingerprint density at radius 3 is 2.37 bits per heavy atom. The summed E-state index contributed by atoms with van der Waals surface area (Å²) in [5.41, 5.74) is 0.195. The third-order valence-corrected chi connectivity index (χ3v) is 5.24. The van der Waals surface area contributed by atoms with E-state index in [0.717, 1.165) is 11.8 Å². The van der Waals surface area contributed by atoms with E-state index in [1.54, 1.807) is 37.3 Å². The summed E-state index contributed by atoms with van der Waals surface area (Å²) >= 11 is 0.950. The summed E-state index contributed by atoms with van der Waals surface area (Å²) in [6.07, 6.45) is 0. The van der Waals surface area contributed by atoms with Crippen molar-refractivity contribution in [2.45, 2.75) is 30.9 Å². The van der Waals surface area contributed by atoms with Crippen LogP contribution < -0.4 is 5.32 Å². The van der Waals surface area contributed by atoms with Gasteiger partial charge < -0.3 is 10.1 Å². The highest BCUT2D eigenvalue weighted by atomic mass is 32.2. The summed E-state index contributed by atoms with van der Waals surface area (Å²) in [6, 6.07) is 10.2. The van der Waals surface area contributed by atoms with Gasteiger partial charge in [0.1, 0.15) is 16.9 Å². The Morgan fingerprint density at radius 2 is 1.78 bits per heavy atom. The number of benzene rings is 2. The van der Waals surface area contributed by atoms with E-state index in [1.807, 2.05) is 13.8 Å². The third kappa shape index (κ3) is 5.53. The molecule has 0 radical (unpaired) electrons. The largest absolute Gasteiger partial charge is 0.465 e. The lowest BCUT2D eigenvalue weighted by molar-refractivity contribution is -0.143. The first-order valence-corrected chi connectivity index (χ1v) is 9.40. The van der Waals surface area contributed by atoms with Gasteiger partial charge in [0.15, 0.2) is 0 Å². The molecule has 0 aliphatic carbocycles. The van der Waals surface area contributed by atoms with Crippen molar-refractivity contribution in [1.29, 1.82) is 0 Å². The van der Waals surface area contributed by atoms with Crippen LogP contribution in [0, 0.1) is 17.6 Å². The highest BCUT2D eigenvalue weighted by molar-refractivity contribution is 8.00. The molecule has 2 rings (SSSR count). The average molecular weight is 393 g/mol. The van der Waals surface area contributed by atoms with Crippen LogP contribution in [-0.4, -0.2) is 23.7 Å². The molecule has 1 N–H and O–H groups in total. The van der Waals surface area contributed by atoms with E-state index in [2.05, 4.69) is 5.32 Å². The van der Waals surface area contributed by atoms with Gasteiger partial charge in [-0.15, -0.1) is 11.8 Å². The molecule has 27 heavy (non-hydrogen) atoms. The van der Waals surface area contributed by atoms with Crippen LogP contribution in [0.25, 0.3) is 0 Å². The highest BCUT2D eigenvalue weighted by Gasteiger charge is 2.27. The lowest BCUT2D eigenvalue weighted by Gasteiger charge is -2.19. The van der Waals surface area contributed by atoms with E-state index >= 15 is 0 Å². The molecule has 0 fully saturated rings. The zero-order valence-electron chi connectivity index (χ0n) is 15.3. The maximum absolute atomic E-state index is 14.2. The Balaban J connectivity index is 2.26. The minimum atomic E-state index is -0.890. The number of carbonyl (C=O) groups excluding carboxylic acids is 2. The molecule has 7 heteroatoms. The number of amides is 1. The molecule has 0 aliphatic heterocycles. The molecule has 2 aromatic rings. The van der Waals surface area contributed by atoms with E-state index < -0.39 is 28.8 Å². The molecule has 1 amide bonds. The molecule has 0 spiro atoms. The first-order valence-electron chi connectivity index (χ1n) is 8.52. The van der Waals surface area contributed by atoms with Gasteiger partial charge in [-0.05, 0) is 31.0 Å². The zero-order valence-corrected chi connectivity index (χ0v) is 16.1. The van der Waals surface area contributed by atoms with Crippen molar-refractivity contribution in [2.24, 2.45) is 5.92 Å². The van der Waals surface area contributed by atoms with Gasteiger partial charge in [0.2, 0.25) is 0 Å². The van der Waals surface area contributed by atoms with Gasteiger partial charge in [-0.1, -0.05) is 32.0 Å². The molecule has 0 saturated carbocycles. The molecule has 144 valence electrons. The van der Waals surface area contributed by atoms with Gasteiger partial charge in [0.05, 0.1) is 12.3 Å². The van der Waals surface area contributed by atoms with Crippen LogP contribution in [-0.2, 0) is 9.53 Å². The number of carbonyl (C=O) groups is 2. The fraction of sp³-hybridized carbons (Fsp3) is 0.300. The van der Waals surface area contributed by atoms with Crippen molar-refractivity contribution in [2.75, 3.05) is 11.9 Å². The summed E-state index contributed by atoms with van der Waals surface area (Å²) in [6.45, 7) is 5.53. The number of nitrogens with one attached hydrogen (secondary N) is 1. The van der Waals surface area contributed by atoms with Gasteiger partial charge in [-0.3, -0.25) is 9.59 Å². The van der Waals surface area contributed by atoms with E-state index in [0.29, 0.717) is 11.6 Å². The fourth-order valence-corrected chi connectivity index (χ4v) is 3.38. The molecule has 4 nitrogen and oxygen atoms in total. The molecule has 0 aromatic heterocycles. The van der Waals surface area contributed by atoms with Gasteiger partial charge >= 0.3 is 5.97 Å². The molecule has 0 bridgehead atoms. The molecule has 2 aromatic carbocycles. The summed E-state index contributed by atoms with van der Waals surface area (Å²) in [4.78, 5) is 24.4. The Labute approximate surface area is 161 Å². The van der Waals surface area contributed by atoms with E-state index in [9.17, 15) is 18.4 Å². The normalized spacial score (nSPS) is 11.9. The quantitative estimate of drug-likeness (QED) is 0.537. The molecule has 1 unspecified atom stereocenters. The molecule has 0 saturated heterocycles. The molecular weight excluding hydrogens is 372 g/mol. The fourth-order valence-electron chi connectivity index (χ4n) is 2.32. The molecular formula is C20H21F2NO3S. The smallest absolute Gasteiger partial charge is 0.319 e. The first kappa shape index (κ1) is 20.9. The number of anilines is 1. The Hall–Kier alpha value is -2.41. The maximum atomic E-state index is 14.2. The van der Waals surface area contributed by atoms with Crippen LogP contribution in [0.5, 0.6) is 0 Å². The topological polar surface area (TPSA) is 55.4 Å². The first-order chi connectivity index (χ1) is 12.8. The minimum absolute atomic E-state index is 0.0616. The number of rotatable bonds is 7. The summed E-state index contributed by atoms with van der Waals surface area (Å²) < 4.78 is 33.4. The minimum Gasteiger partial charge on any atom is -0.465 e. The molecule has 1 atom stereocenters. The van der Waals surface area contributed by atoms with Gasteiger partial charge in [-0.2, -0.15) is 0 Å². The maximum Gasteiger partial charge on any atom is 0.319 e. The number of ether oxygens (including phenoxy) is 1.